The monoisotopic (exact) mass is 279 g/mol. The summed E-state index contributed by atoms with van der Waals surface area (Å²) in [5.74, 6) is 1.14. The SMILES string of the molecule is Brc1ccc2cnc(C3CCCCN3)n2c1. The van der Waals surface area contributed by atoms with E-state index in [9.17, 15) is 0 Å². The molecule has 1 aliphatic heterocycles. The molecule has 84 valence electrons. The van der Waals surface area contributed by atoms with E-state index in [1.54, 1.807) is 0 Å². The standard InChI is InChI=1S/C12H14BrN3/c13-9-4-5-10-7-15-12(16(10)8-9)11-3-1-2-6-14-11/h4-5,7-8,11,14H,1-3,6H2. The molecular weight excluding hydrogens is 266 g/mol. The quantitative estimate of drug-likeness (QED) is 0.870. The molecule has 16 heavy (non-hydrogen) atoms. The first-order valence-corrected chi connectivity index (χ1v) is 6.50. The highest BCUT2D eigenvalue weighted by Crippen LogP contribution is 2.23. The highest BCUT2D eigenvalue weighted by Gasteiger charge is 2.18. The number of hydrogen-bond donors (Lipinski definition) is 1. The van der Waals surface area contributed by atoms with Gasteiger partial charge in [0.15, 0.2) is 0 Å². The van der Waals surface area contributed by atoms with Crippen molar-refractivity contribution in [1.82, 2.24) is 14.7 Å². The van der Waals surface area contributed by atoms with Crippen LogP contribution in [0.15, 0.2) is 29.0 Å². The van der Waals surface area contributed by atoms with Crippen molar-refractivity contribution in [2.45, 2.75) is 25.3 Å². The summed E-state index contributed by atoms with van der Waals surface area (Å²) >= 11 is 3.51. The molecule has 0 spiro atoms. The van der Waals surface area contributed by atoms with E-state index in [0.29, 0.717) is 6.04 Å². The lowest BCUT2D eigenvalue weighted by Gasteiger charge is -2.22. The van der Waals surface area contributed by atoms with Crippen LogP contribution in [-0.2, 0) is 0 Å². The van der Waals surface area contributed by atoms with Crippen molar-refractivity contribution in [3.63, 3.8) is 0 Å². The van der Waals surface area contributed by atoms with Crippen LogP contribution >= 0.6 is 15.9 Å². The molecule has 1 aliphatic rings. The average molecular weight is 280 g/mol. The fourth-order valence-electron chi connectivity index (χ4n) is 2.31. The van der Waals surface area contributed by atoms with E-state index >= 15 is 0 Å². The van der Waals surface area contributed by atoms with Gasteiger partial charge < -0.3 is 9.72 Å². The summed E-state index contributed by atoms with van der Waals surface area (Å²) in [6.07, 6.45) is 7.79. The number of nitrogens with one attached hydrogen (secondary N) is 1. The first-order valence-electron chi connectivity index (χ1n) is 5.70. The van der Waals surface area contributed by atoms with Crippen LogP contribution < -0.4 is 5.32 Å². The lowest BCUT2D eigenvalue weighted by atomic mass is 10.0. The van der Waals surface area contributed by atoms with Crippen molar-refractivity contribution in [2.75, 3.05) is 6.54 Å². The highest BCUT2D eigenvalue weighted by molar-refractivity contribution is 9.10. The summed E-state index contributed by atoms with van der Waals surface area (Å²) in [7, 11) is 0. The van der Waals surface area contributed by atoms with E-state index in [2.05, 4.69) is 49.0 Å². The summed E-state index contributed by atoms with van der Waals surface area (Å²) < 4.78 is 3.27. The first-order chi connectivity index (χ1) is 7.84. The van der Waals surface area contributed by atoms with Crippen molar-refractivity contribution in [1.29, 1.82) is 0 Å². The van der Waals surface area contributed by atoms with Gasteiger partial charge in [0, 0.05) is 10.7 Å². The van der Waals surface area contributed by atoms with Gasteiger partial charge in [0.05, 0.1) is 17.8 Å². The van der Waals surface area contributed by atoms with Crippen molar-refractivity contribution in [3.8, 4) is 0 Å². The number of fused-ring (bicyclic) bond motifs is 1. The molecule has 1 N–H and O–H groups in total. The Morgan fingerprint density at radius 2 is 2.31 bits per heavy atom. The van der Waals surface area contributed by atoms with Crippen LogP contribution in [0.1, 0.15) is 31.1 Å². The minimum atomic E-state index is 0.408. The van der Waals surface area contributed by atoms with E-state index in [0.717, 1.165) is 22.4 Å². The van der Waals surface area contributed by atoms with Gasteiger partial charge in [-0.15, -0.1) is 0 Å². The van der Waals surface area contributed by atoms with Crippen molar-refractivity contribution < 1.29 is 0 Å². The normalized spacial score (nSPS) is 21.4. The molecule has 1 unspecified atom stereocenters. The Kier molecular flexibility index (Phi) is 2.69. The third-order valence-corrected chi connectivity index (χ3v) is 3.61. The van der Waals surface area contributed by atoms with Crippen molar-refractivity contribution >= 4 is 21.4 Å². The molecule has 1 atom stereocenters. The number of nitrogens with zero attached hydrogens (tertiary/aromatic N) is 2. The zero-order valence-corrected chi connectivity index (χ0v) is 10.6. The number of aromatic nitrogens is 2. The summed E-state index contributed by atoms with van der Waals surface area (Å²) in [5, 5.41) is 3.53. The van der Waals surface area contributed by atoms with Crippen LogP contribution in [0.3, 0.4) is 0 Å². The van der Waals surface area contributed by atoms with Gasteiger partial charge in [0.2, 0.25) is 0 Å². The third-order valence-electron chi connectivity index (χ3n) is 3.14. The zero-order chi connectivity index (χ0) is 11.0. The topological polar surface area (TPSA) is 29.3 Å². The fraction of sp³-hybridized carbons (Fsp3) is 0.417. The van der Waals surface area contributed by atoms with E-state index in [4.69, 9.17) is 0 Å². The lowest BCUT2D eigenvalue weighted by Crippen LogP contribution is -2.28. The van der Waals surface area contributed by atoms with Gasteiger partial charge in [-0.1, -0.05) is 6.42 Å². The number of pyridine rings is 1. The molecule has 2 aromatic heterocycles. The molecule has 2 aromatic rings. The van der Waals surface area contributed by atoms with Gasteiger partial charge in [-0.25, -0.2) is 4.98 Å². The maximum absolute atomic E-state index is 4.54. The van der Waals surface area contributed by atoms with Gasteiger partial charge in [-0.05, 0) is 47.4 Å². The summed E-state index contributed by atoms with van der Waals surface area (Å²) in [5.41, 5.74) is 1.16. The Bertz CT molecular complexity index is 500. The second-order valence-electron chi connectivity index (χ2n) is 4.26. The number of halogens is 1. The molecular formula is C12H14BrN3. The highest BCUT2D eigenvalue weighted by atomic mass is 79.9. The fourth-order valence-corrected chi connectivity index (χ4v) is 2.65. The van der Waals surface area contributed by atoms with Crippen LogP contribution in [0.4, 0.5) is 0 Å². The second kappa shape index (κ2) is 4.18. The summed E-state index contributed by atoms with van der Waals surface area (Å²) in [4.78, 5) is 4.54. The molecule has 1 fully saturated rings. The molecule has 0 radical (unpaired) electrons. The molecule has 3 nitrogen and oxygen atoms in total. The van der Waals surface area contributed by atoms with E-state index in [1.165, 1.54) is 19.3 Å². The molecule has 0 aliphatic carbocycles. The number of imidazole rings is 1. The van der Waals surface area contributed by atoms with E-state index in [1.807, 2.05) is 6.20 Å². The predicted molar refractivity (Wildman–Crippen MR) is 67.5 cm³/mol. The Balaban J connectivity index is 2.05. The lowest BCUT2D eigenvalue weighted by molar-refractivity contribution is 0.396. The Hall–Kier alpha value is -0.870. The van der Waals surface area contributed by atoms with Crippen LogP contribution in [-0.4, -0.2) is 15.9 Å². The number of hydrogen-bond acceptors (Lipinski definition) is 2. The Morgan fingerprint density at radius 3 is 3.12 bits per heavy atom. The van der Waals surface area contributed by atoms with E-state index in [-0.39, 0.29) is 0 Å². The molecule has 3 rings (SSSR count). The smallest absolute Gasteiger partial charge is 0.130 e. The number of piperidine rings is 1. The summed E-state index contributed by atoms with van der Waals surface area (Å²) in [6.45, 7) is 1.10. The van der Waals surface area contributed by atoms with Crippen molar-refractivity contribution in [3.05, 3.63) is 34.8 Å². The molecule has 0 aromatic carbocycles. The Morgan fingerprint density at radius 1 is 1.38 bits per heavy atom. The van der Waals surface area contributed by atoms with Crippen LogP contribution in [0.5, 0.6) is 0 Å². The third kappa shape index (κ3) is 1.76. The first kappa shape index (κ1) is 10.3. The van der Waals surface area contributed by atoms with Crippen molar-refractivity contribution in [2.24, 2.45) is 0 Å². The van der Waals surface area contributed by atoms with Gasteiger partial charge in [-0.2, -0.15) is 0 Å². The van der Waals surface area contributed by atoms with Crippen LogP contribution in [0, 0.1) is 0 Å². The molecule has 0 bridgehead atoms. The largest absolute Gasteiger partial charge is 0.307 e. The molecule has 0 saturated carbocycles. The maximum Gasteiger partial charge on any atom is 0.130 e. The minimum absolute atomic E-state index is 0.408. The average Bonchev–Trinajstić information content (AvgIpc) is 2.73. The maximum atomic E-state index is 4.54. The van der Waals surface area contributed by atoms with Gasteiger partial charge in [0.25, 0.3) is 0 Å². The van der Waals surface area contributed by atoms with Gasteiger partial charge in [-0.3, -0.25) is 0 Å². The number of rotatable bonds is 1. The molecule has 0 amide bonds. The van der Waals surface area contributed by atoms with E-state index < -0.39 is 0 Å². The molecule has 1 saturated heterocycles. The second-order valence-corrected chi connectivity index (χ2v) is 5.18. The molecule has 4 heteroatoms. The minimum Gasteiger partial charge on any atom is -0.307 e. The van der Waals surface area contributed by atoms with Gasteiger partial charge >= 0.3 is 0 Å². The van der Waals surface area contributed by atoms with Crippen LogP contribution in [0.2, 0.25) is 0 Å². The molecule has 3 heterocycles. The van der Waals surface area contributed by atoms with Gasteiger partial charge in [0.1, 0.15) is 5.82 Å². The zero-order valence-electron chi connectivity index (χ0n) is 8.99. The summed E-state index contributed by atoms with van der Waals surface area (Å²) in [6, 6.07) is 4.55. The van der Waals surface area contributed by atoms with Crippen LogP contribution in [0.25, 0.3) is 5.52 Å². The Labute approximate surface area is 103 Å². The predicted octanol–water partition coefficient (Wildman–Crippen LogP) is 2.91.